The van der Waals surface area contributed by atoms with Crippen LogP contribution in [-0.4, -0.2) is 54.9 Å². The lowest BCUT2D eigenvalue weighted by Crippen LogP contribution is -2.48. The molecule has 2 heterocycles. The normalized spacial score (nSPS) is 19.6. The molecule has 0 spiro atoms. The lowest BCUT2D eigenvalue weighted by molar-refractivity contribution is 0.0710. The van der Waals surface area contributed by atoms with Gasteiger partial charge in [0, 0.05) is 35.9 Å². The highest BCUT2D eigenvalue weighted by atomic mass is 127. The number of nitrogens with one attached hydrogen (secondary N) is 2. The Morgan fingerprint density at radius 2 is 2.16 bits per heavy atom. The van der Waals surface area contributed by atoms with E-state index in [1.807, 2.05) is 43.1 Å². The van der Waals surface area contributed by atoms with Crippen LogP contribution in [0.15, 0.2) is 22.5 Å². The van der Waals surface area contributed by atoms with Crippen molar-refractivity contribution in [3.8, 4) is 0 Å². The maximum absolute atomic E-state index is 10.6. The number of aliphatic hydroxyl groups is 1. The third-order valence-electron chi connectivity index (χ3n) is 4.36. The molecule has 0 aromatic carbocycles. The lowest BCUT2D eigenvalue weighted by atomic mass is 9.99. The van der Waals surface area contributed by atoms with E-state index < -0.39 is 5.60 Å². The summed E-state index contributed by atoms with van der Waals surface area (Å²) in [7, 11) is 0. The van der Waals surface area contributed by atoms with Crippen molar-refractivity contribution in [1.29, 1.82) is 0 Å². The van der Waals surface area contributed by atoms with Crippen molar-refractivity contribution < 1.29 is 9.84 Å². The van der Waals surface area contributed by atoms with E-state index in [1.165, 1.54) is 0 Å². The van der Waals surface area contributed by atoms with Crippen LogP contribution in [0.1, 0.15) is 31.6 Å². The number of halogens is 1. The molecule has 1 unspecified atom stereocenters. The van der Waals surface area contributed by atoms with Gasteiger partial charge in [-0.2, -0.15) is 11.8 Å². The lowest BCUT2D eigenvalue weighted by Gasteiger charge is -2.36. The van der Waals surface area contributed by atoms with E-state index in [2.05, 4.69) is 21.9 Å². The van der Waals surface area contributed by atoms with E-state index >= 15 is 0 Å². The minimum atomic E-state index is -0.938. The first-order valence-corrected chi connectivity index (χ1v) is 10.5. The highest BCUT2D eigenvalue weighted by Gasteiger charge is 2.32. The molecule has 5 nitrogen and oxygen atoms in total. The van der Waals surface area contributed by atoms with Gasteiger partial charge in [-0.25, -0.2) is 4.99 Å². The summed E-state index contributed by atoms with van der Waals surface area (Å²) in [6.45, 7) is 7.48. The standard InChI is InChI=1S/C17H29N3O2S2.HI/c1-4-18-15(19-12-16(2,21)14-6-5-11-24-14)20-13-17(23-3)7-9-22-10-8-17;/h5-6,11,21H,4,7-10,12-13H2,1-3H3,(H2,18,19,20);1H. The summed E-state index contributed by atoms with van der Waals surface area (Å²) in [6.07, 6.45) is 4.26. The van der Waals surface area contributed by atoms with Crippen LogP contribution in [0.5, 0.6) is 0 Å². The van der Waals surface area contributed by atoms with Crippen molar-refractivity contribution in [3.63, 3.8) is 0 Å². The van der Waals surface area contributed by atoms with E-state index in [0.29, 0.717) is 6.54 Å². The van der Waals surface area contributed by atoms with Gasteiger partial charge in [0.2, 0.25) is 0 Å². The summed E-state index contributed by atoms with van der Waals surface area (Å²) in [5, 5.41) is 19.3. The summed E-state index contributed by atoms with van der Waals surface area (Å²) in [5.41, 5.74) is -0.938. The van der Waals surface area contributed by atoms with E-state index in [4.69, 9.17) is 4.74 Å². The first-order chi connectivity index (χ1) is 11.5. The number of ether oxygens (including phenoxy) is 1. The van der Waals surface area contributed by atoms with Crippen LogP contribution in [0.2, 0.25) is 0 Å². The molecule has 0 saturated carbocycles. The molecule has 0 aliphatic carbocycles. The topological polar surface area (TPSA) is 65.9 Å². The second kappa shape index (κ2) is 11.0. The number of hydrogen-bond donors (Lipinski definition) is 3. The van der Waals surface area contributed by atoms with Crippen LogP contribution < -0.4 is 10.6 Å². The van der Waals surface area contributed by atoms with Crippen molar-refractivity contribution in [3.05, 3.63) is 22.4 Å². The molecule has 1 aliphatic heterocycles. The summed E-state index contributed by atoms with van der Waals surface area (Å²) in [6, 6.07) is 3.90. The molecule has 3 N–H and O–H groups in total. The van der Waals surface area contributed by atoms with Crippen molar-refractivity contribution >= 4 is 53.0 Å². The molecular formula is C17H30IN3O2S2. The van der Waals surface area contributed by atoms with Crippen LogP contribution in [0.3, 0.4) is 0 Å². The second-order valence-corrected chi connectivity index (χ2v) is 8.52. The molecule has 1 aliphatic rings. The Morgan fingerprint density at radius 1 is 1.44 bits per heavy atom. The van der Waals surface area contributed by atoms with Gasteiger partial charge in [-0.3, -0.25) is 0 Å². The Kier molecular flexibility index (Phi) is 10.1. The number of nitrogens with zero attached hydrogens (tertiary/aromatic N) is 1. The zero-order valence-corrected chi connectivity index (χ0v) is 19.2. The predicted octanol–water partition coefficient (Wildman–Crippen LogP) is 3.04. The van der Waals surface area contributed by atoms with Crippen molar-refractivity contribution in [2.24, 2.45) is 4.99 Å². The van der Waals surface area contributed by atoms with Crippen LogP contribution in [-0.2, 0) is 10.3 Å². The first-order valence-electron chi connectivity index (χ1n) is 8.43. The molecular weight excluding hydrogens is 469 g/mol. The molecule has 0 radical (unpaired) electrons. The number of rotatable bonds is 7. The zero-order chi connectivity index (χ0) is 17.5. The molecule has 8 heteroatoms. The highest BCUT2D eigenvalue weighted by Crippen LogP contribution is 2.33. The Balaban J connectivity index is 0.00000312. The van der Waals surface area contributed by atoms with Crippen molar-refractivity contribution in [2.45, 2.75) is 37.0 Å². The number of guanidine groups is 1. The summed E-state index contributed by atoms with van der Waals surface area (Å²) in [5.74, 6) is 0.759. The Hall–Kier alpha value is -0.0300. The minimum absolute atomic E-state index is 0. The molecule has 1 fully saturated rings. The fourth-order valence-electron chi connectivity index (χ4n) is 2.68. The van der Waals surface area contributed by atoms with Gasteiger partial charge in [-0.15, -0.1) is 35.3 Å². The SMILES string of the molecule is CCNC(=NCC(C)(O)c1cccs1)NCC1(SC)CCOCC1.I. The minimum Gasteiger partial charge on any atom is -0.383 e. The van der Waals surface area contributed by atoms with Crippen LogP contribution in [0, 0.1) is 0 Å². The number of aliphatic imine (C=N–C) groups is 1. The summed E-state index contributed by atoms with van der Waals surface area (Å²) in [4.78, 5) is 5.54. The third-order valence-corrected chi connectivity index (χ3v) is 6.90. The van der Waals surface area contributed by atoms with Gasteiger partial charge in [0.05, 0.1) is 6.54 Å². The average molecular weight is 499 g/mol. The fraction of sp³-hybridized carbons (Fsp3) is 0.706. The zero-order valence-electron chi connectivity index (χ0n) is 15.2. The van der Waals surface area contributed by atoms with Crippen molar-refractivity contribution in [1.82, 2.24) is 10.6 Å². The first kappa shape index (κ1) is 23.0. The third kappa shape index (κ3) is 6.89. The Morgan fingerprint density at radius 3 is 2.72 bits per heavy atom. The Bertz CT molecular complexity index is 518. The molecule has 1 atom stereocenters. The molecule has 1 saturated heterocycles. The summed E-state index contributed by atoms with van der Waals surface area (Å²) >= 11 is 3.46. The van der Waals surface area contributed by atoms with Crippen LogP contribution in [0.25, 0.3) is 0 Å². The molecule has 0 bridgehead atoms. The maximum atomic E-state index is 10.6. The highest BCUT2D eigenvalue weighted by molar-refractivity contribution is 14.0. The molecule has 2 rings (SSSR count). The molecule has 0 amide bonds. The molecule has 1 aromatic heterocycles. The largest absolute Gasteiger partial charge is 0.383 e. The maximum Gasteiger partial charge on any atom is 0.191 e. The van der Waals surface area contributed by atoms with Crippen LogP contribution in [0.4, 0.5) is 0 Å². The number of thiophene rings is 1. The van der Waals surface area contributed by atoms with Gasteiger partial charge in [0.25, 0.3) is 0 Å². The van der Waals surface area contributed by atoms with E-state index in [0.717, 1.165) is 50.0 Å². The number of thioether (sulfide) groups is 1. The second-order valence-electron chi connectivity index (χ2n) is 6.30. The molecule has 25 heavy (non-hydrogen) atoms. The van der Waals surface area contributed by atoms with Crippen LogP contribution >= 0.6 is 47.1 Å². The van der Waals surface area contributed by atoms with Gasteiger partial charge < -0.3 is 20.5 Å². The van der Waals surface area contributed by atoms with Gasteiger partial charge in [-0.05, 0) is 44.4 Å². The van der Waals surface area contributed by atoms with E-state index in [1.54, 1.807) is 11.3 Å². The van der Waals surface area contributed by atoms with Gasteiger partial charge >= 0.3 is 0 Å². The van der Waals surface area contributed by atoms with Crippen molar-refractivity contribution in [2.75, 3.05) is 39.1 Å². The quantitative estimate of drug-likeness (QED) is 0.306. The van der Waals surface area contributed by atoms with E-state index in [9.17, 15) is 5.11 Å². The number of hydrogen-bond acceptors (Lipinski definition) is 5. The fourth-order valence-corrected chi connectivity index (χ4v) is 4.25. The average Bonchev–Trinajstić information content (AvgIpc) is 3.14. The van der Waals surface area contributed by atoms with Gasteiger partial charge in [-0.1, -0.05) is 6.07 Å². The predicted molar refractivity (Wildman–Crippen MR) is 120 cm³/mol. The molecule has 1 aromatic rings. The van der Waals surface area contributed by atoms with Gasteiger partial charge in [0.1, 0.15) is 5.60 Å². The van der Waals surface area contributed by atoms with E-state index in [-0.39, 0.29) is 28.7 Å². The molecule has 144 valence electrons. The van der Waals surface area contributed by atoms with Gasteiger partial charge in [0.15, 0.2) is 5.96 Å². The Labute approximate surface area is 176 Å². The smallest absolute Gasteiger partial charge is 0.191 e. The monoisotopic (exact) mass is 499 g/mol. The summed E-state index contributed by atoms with van der Waals surface area (Å²) < 4.78 is 5.69.